The highest BCUT2D eigenvalue weighted by Crippen LogP contribution is 2.05. The molecule has 0 bridgehead atoms. The lowest BCUT2D eigenvalue weighted by atomic mass is 10.1. The normalized spacial score (nSPS) is 11.9. The molecule has 0 spiro atoms. The minimum absolute atomic E-state index is 0.753. The van der Waals surface area contributed by atoms with Crippen LogP contribution in [0.1, 0.15) is 24.5 Å². The van der Waals surface area contributed by atoms with Crippen LogP contribution < -0.4 is 0 Å². The van der Waals surface area contributed by atoms with E-state index in [1.165, 1.54) is 11.1 Å². The van der Waals surface area contributed by atoms with Gasteiger partial charge < -0.3 is 0 Å². The third kappa shape index (κ3) is 4.55. The molecule has 0 saturated carbocycles. The lowest BCUT2D eigenvalue weighted by Gasteiger charge is -1.99. The SMILES string of the molecule is CCC(/C=C/c1ccccc1)=NCc1ccccc1. The van der Waals surface area contributed by atoms with Crippen LogP contribution in [0.5, 0.6) is 0 Å². The zero-order valence-corrected chi connectivity index (χ0v) is 11.3. The Hall–Kier alpha value is -2.15. The summed E-state index contributed by atoms with van der Waals surface area (Å²) < 4.78 is 0. The lowest BCUT2D eigenvalue weighted by Crippen LogP contribution is -1.92. The largest absolute Gasteiger partial charge is 0.285 e. The third-order valence-corrected chi connectivity index (χ3v) is 2.94. The van der Waals surface area contributed by atoms with Gasteiger partial charge in [0.15, 0.2) is 0 Å². The van der Waals surface area contributed by atoms with Crippen LogP contribution in [-0.4, -0.2) is 5.71 Å². The molecule has 0 radical (unpaired) electrons. The van der Waals surface area contributed by atoms with Crippen LogP contribution in [-0.2, 0) is 6.54 Å². The molecule has 0 unspecified atom stereocenters. The zero-order valence-electron chi connectivity index (χ0n) is 11.3. The third-order valence-electron chi connectivity index (χ3n) is 2.94. The van der Waals surface area contributed by atoms with Gasteiger partial charge in [0.25, 0.3) is 0 Å². The first-order valence-corrected chi connectivity index (χ1v) is 6.69. The number of hydrogen-bond acceptors (Lipinski definition) is 1. The van der Waals surface area contributed by atoms with E-state index in [9.17, 15) is 0 Å². The Labute approximate surface area is 115 Å². The van der Waals surface area contributed by atoms with E-state index in [0.717, 1.165) is 18.7 Å². The van der Waals surface area contributed by atoms with Gasteiger partial charge in [-0.15, -0.1) is 0 Å². The van der Waals surface area contributed by atoms with E-state index in [2.05, 4.69) is 60.5 Å². The fraction of sp³-hybridized carbons (Fsp3) is 0.167. The maximum atomic E-state index is 4.66. The molecular formula is C18H19N. The number of hydrogen-bond donors (Lipinski definition) is 0. The molecule has 0 atom stereocenters. The average Bonchev–Trinajstić information content (AvgIpc) is 2.49. The fourth-order valence-corrected chi connectivity index (χ4v) is 1.82. The van der Waals surface area contributed by atoms with Crippen molar-refractivity contribution >= 4 is 11.8 Å². The second-order valence-electron chi connectivity index (χ2n) is 4.39. The standard InChI is InChI=1S/C18H19N/c1-2-18(14-13-16-9-5-3-6-10-16)19-15-17-11-7-4-8-12-17/h3-14H,2,15H2,1H3/b14-13+,19-18?. The molecule has 1 nitrogen and oxygen atoms in total. The smallest absolute Gasteiger partial charge is 0.0643 e. The van der Waals surface area contributed by atoms with Gasteiger partial charge in [-0.3, -0.25) is 4.99 Å². The van der Waals surface area contributed by atoms with Crippen molar-refractivity contribution in [2.75, 3.05) is 0 Å². The van der Waals surface area contributed by atoms with Gasteiger partial charge >= 0.3 is 0 Å². The van der Waals surface area contributed by atoms with Crippen LogP contribution in [0.3, 0.4) is 0 Å². The molecule has 0 aliphatic rings. The molecule has 0 heterocycles. The Morgan fingerprint density at radius 3 is 2.21 bits per heavy atom. The van der Waals surface area contributed by atoms with Crippen LogP contribution in [0.25, 0.3) is 6.08 Å². The molecule has 19 heavy (non-hydrogen) atoms. The van der Waals surface area contributed by atoms with Gasteiger partial charge in [-0.1, -0.05) is 73.7 Å². The highest BCUT2D eigenvalue weighted by molar-refractivity contribution is 5.98. The number of nitrogens with zero attached hydrogens (tertiary/aromatic N) is 1. The number of rotatable bonds is 5. The summed E-state index contributed by atoms with van der Waals surface area (Å²) in [5.74, 6) is 0. The first-order valence-electron chi connectivity index (χ1n) is 6.69. The maximum Gasteiger partial charge on any atom is 0.0643 e. The van der Waals surface area contributed by atoms with Crippen molar-refractivity contribution in [1.29, 1.82) is 0 Å². The summed E-state index contributed by atoms with van der Waals surface area (Å²) >= 11 is 0. The summed E-state index contributed by atoms with van der Waals surface area (Å²) in [5.41, 5.74) is 3.60. The van der Waals surface area contributed by atoms with Crippen molar-refractivity contribution in [3.8, 4) is 0 Å². The van der Waals surface area contributed by atoms with Crippen molar-refractivity contribution in [2.45, 2.75) is 19.9 Å². The quantitative estimate of drug-likeness (QED) is 0.678. The van der Waals surface area contributed by atoms with Gasteiger partial charge in [0.05, 0.1) is 6.54 Å². The first kappa shape index (κ1) is 13.3. The van der Waals surface area contributed by atoms with E-state index < -0.39 is 0 Å². The van der Waals surface area contributed by atoms with E-state index >= 15 is 0 Å². The molecule has 1 heteroatoms. The van der Waals surface area contributed by atoms with E-state index in [1.807, 2.05) is 24.3 Å². The molecule has 2 aromatic rings. The summed E-state index contributed by atoms with van der Waals surface area (Å²) in [5, 5.41) is 0. The Balaban J connectivity index is 2.02. The molecule has 0 fully saturated rings. The van der Waals surface area contributed by atoms with Crippen molar-refractivity contribution in [3.63, 3.8) is 0 Å². The molecule has 0 aliphatic heterocycles. The topological polar surface area (TPSA) is 12.4 Å². The second kappa shape index (κ2) is 7.32. The Morgan fingerprint density at radius 2 is 1.58 bits per heavy atom. The molecule has 2 rings (SSSR count). The van der Waals surface area contributed by atoms with Crippen molar-refractivity contribution in [1.82, 2.24) is 0 Å². The minimum atomic E-state index is 0.753. The van der Waals surface area contributed by atoms with E-state index in [0.29, 0.717) is 0 Å². The summed E-state index contributed by atoms with van der Waals surface area (Å²) in [7, 11) is 0. The zero-order chi connectivity index (χ0) is 13.3. The summed E-state index contributed by atoms with van der Waals surface area (Å²) in [4.78, 5) is 4.66. The number of benzene rings is 2. The van der Waals surface area contributed by atoms with Gasteiger partial charge in [-0.05, 0) is 23.6 Å². The van der Waals surface area contributed by atoms with E-state index in [1.54, 1.807) is 0 Å². The number of allylic oxidation sites excluding steroid dienone is 1. The fourth-order valence-electron chi connectivity index (χ4n) is 1.82. The van der Waals surface area contributed by atoms with Crippen LogP contribution in [0.2, 0.25) is 0 Å². The Morgan fingerprint density at radius 1 is 0.947 bits per heavy atom. The van der Waals surface area contributed by atoms with Crippen LogP contribution in [0, 0.1) is 0 Å². The summed E-state index contributed by atoms with van der Waals surface area (Å²) in [6.45, 7) is 2.89. The predicted octanol–water partition coefficient (Wildman–Crippen LogP) is 4.75. The molecule has 0 amide bonds. The van der Waals surface area contributed by atoms with E-state index in [-0.39, 0.29) is 0 Å². The predicted molar refractivity (Wildman–Crippen MR) is 83.3 cm³/mol. The molecule has 0 aromatic heterocycles. The van der Waals surface area contributed by atoms with Crippen molar-refractivity contribution < 1.29 is 0 Å². The van der Waals surface area contributed by atoms with Crippen molar-refractivity contribution in [2.24, 2.45) is 4.99 Å². The average molecular weight is 249 g/mol. The first-order chi connectivity index (χ1) is 9.38. The summed E-state index contributed by atoms with van der Waals surface area (Å²) in [6.07, 6.45) is 5.18. The monoisotopic (exact) mass is 249 g/mol. The molecule has 96 valence electrons. The van der Waals surface area contributed by atoms with Gasteiger partial charge in [0.2, 0.25) is 0 Å². The minimum Gasteiger partial charge on any atom is -0.285 e. The summed E-state index contributed by atoms with van der Waals surface area (Å²) in [6, 6.07) is 20.7. The van der Waals surface area contributed by atoms with Gasteiger partial charge in [0.1, 0.15) is 0 Å². The molecule has 0 N–H and O–H groups in total. The Bertz CT molecular complexity index is 538. The van der Waals surface area contributed by atoms with Crippen LogP contribution >= 0.6 is 0 Å². The van der Waals surface area contributed by atoms with Crippen LogP contribution in [0.4, 0.5) is 0 Å². The number of aliphatic imine (C=N–C) groups is 1. The maximum absolute atomic E-state index is 4.66. The highest BCUT2D eigenvalue weighted by atomic mass is 14.7. The van der Waals surface area contributed by atoms with Gasteiger partial charge in [-0.25, -0.2) is 0 Å². The van der Waals surface area contributed by atoms with Crippen LogP contribution in [0.15, 0.2) is 71.7 Å². The molecule has 2 aromatic carbocycles. The lowest BCUT2D eigenvalue weighted by molar-refractivity contribution is 1.05. The van der Waals surface area contributed by atoms with E-state index in [4.69, 9.17) is 0 Å². The molecule has 0 aliphatic carbocycles. The van der Waals surface area contributed by atoms with Gasteiger partial charge in [-0.2, -0.15) is 0 Å². The molecule has 0 saturated heterocycles. The second-order valence-corrected chi connectivity index (χ2v) is 4.39. The Kier molecular flexibility index (Phi) is 5.12. The van der Waals surface area contributed by atoms with Crippen molar-refractivity contribution in [3.05, 3.63) is 77.9 Å². The molecular weight excluding hydrogens is 230 g/mol. The highest BCUT2D eigenvalue weighted by Gasteiger charge is 1.92. The van der Waals surface area contributed by atoms with Gasteiger partial charge in [0, 0.05) is 5.71 Å².